The molecular weight excluding hydrogens is 294 g/mol. The van der Waals surface area contributed by atoms with E-state index in [0.29, 0.717) is 0 Å². The minimum atomic E-state index is 0.732. The third-order valence-electron chi connectivity index (χ3n) is 3.81. The van der Waals surface area contributed by atoms with Crippen LogP contribution < -0.4 is 10.6 Å². The number of hydrogen-bond donors (Lipinski definition) is 2. The minimum absolute atomic E-state index is 0.732. The van der Waals surface area contributed by atoms with Crippen LogP contribution in [0.1, 0.15) is 33.6 Å². The summed E-state index contributed by atoms with van der Waals surface area (Å²) in [5, 5.41) is 11.2. The van der Waals surface area contributed by atoms with Crippen LogP contribution in [0.2, 0.25) is 0 Å². The van der Waals surface area contributed by atoms with Crippen molar-refractivity contribution in [3.8, 4) is 0 Å². The zero-order valence-electron chi connectivity index (χ0n) is 14.0. The van der Waals surface area contributed by atoms with Crippen LogP contribution >= 0.6 is 11.3 Å². The van der Waals surface area contributed by atoms with Gasteiger partial charge in [0.1, 0.15) is 0 Å². The third kappa shape index (κ3) is 3.88. The van der Waals surface area contributed by atoms with Crippen molar-refractivity contribution in [1.29, 1.82) is 0 Å². The second-order valence-electron chi connectivity index (χ2n) is 5.27. The Labute approximate surface area is 136 Å². The van der Waals surface area contributed by atoms with Crippen LogP contribution in [-0.4, -0.2) is 22.8 Å². The molecule has 2 aromatic rings. The smallest absolute Gasteiger partial charge is 0.191 e. The van der Waals surface area contributed by atoms with Gasteiger partial charge in [0.25, 0.3) is 0 Å². The zero-order valence-corrected chi connectivity index (χ0v) is 14.8. The molecule has 2 heterocycles. The fourth-order valence-electron chi connectivity index (χ4n) is 2.34. The summed E-state index contributed by atoms with van der Waals surface area (Å²) in [5.41, 5.74) is 3.48. The molecule has 0 saturated heterocycles. The Kier molecular flexibility index (Phi) is 5.60. The van der Waals surface area contributed by atoms with E-state index in [1.807, 2.05) is 30.0 Å². The molecule has 22 heavy (non-hydrogen) atoms. The number of aryl methyl sites for hydroxylation is 3. The van der Waals surface area contributed by atoms with Crippen molar-refractivity contribution >= 4 is 17.3 Å². The molecule has 2 N–H and O–H groups in total. The van der Waals surface area contributed by atoms with Crippen molar-refractivity contribution in [1.82, 2.24) is 20.4 Å². The highest BCUT2D eigenvalue weighted by Crippen LogP contribution is 2.16. The quantitative estimate of drug-likeness (QED) is 0.658. The molecule has 0 spiro atoms. The molecule has 0 unspecified atom stereocenters. The summed E-state index contributed by atoms with van der Waals surface area (Å²) in [4.78, 5) is 7.03. The lowest BCUT2D eigenvalue weighted by Gasteiger charge is -2.11. The van der Waals surface area contributed by atoms with Gasteiger partial charge in [0.05, 0.1) is 12.2 Å². The van der Waals surface area contributed by atoms with Gasteiger partial charge in [-0.05, 0) is 32.4 Å². The molecule has 0 bridgehead atoms. The first-order valence-corrected chi connectivity index (χ1v) is 8.38. The molecule has 0 aliphatic heterocycles. The van der Waals surface area contributed by atoms with E-state index in [4.69, 9.17) is 0 Å². The van der Waals surface area contributed by atoms with Crippen molar-refractivity contribution in [2.45, 2.75) is 40.3 Å². The highest BCUT2D eigenvalue weighted by Gasteiger charge is 2.09. The fraction of sp³-hybridized carbons (Fsp3) is 0.500. The topological polar surface area (TPSA) is 54.2 Å². The van der Waals surface area contributed by atoms with E-state index in [1.165, 1.54) is 21.0 Å². The first kappa shape index (κ1) is 16.5. The molecule has 6 heteroatoms. The van der Waals surface area contributed by atoms with Crippen molar-refractivity contribution in [2.24, 2.45) is 12.0 Å². The summed E-state index contributed by atoms with van der Waals surface area (Å²) in [6.07, 6.45) is 1.09. The van der Waals surface area contributed by atoms with Crippen LogP contribution in [0.25, 0.3) is 0 Å². The lowest BCUT2D eigenvalue weighted by Crippen LogP contribution is -2.36. The first-order valence-electron chi connectivity index (χ1n) is 7.56. The lowest BCUT2D eigenvalue weighted by molar-refractivity contribution is 0.728. The Hall–Kier alpha value is -1.82. The molecule has 5 nitrogen and oxygen atoms in total. The maximum atomic E-state index is 4.44. The van der Waals surface area contributed by atoms with Gasteiger partial charge in [-0.2, -0.15) is 5.10 Å². The van der Waals surface area contributed by atoms with E-state index < -0.39 is 0 Å². The summed E-state index contributed by atoms with van der Waals surface area (Å²) in [5.74, 6) is 0.814. The number of thiophene rings is 1. The number of rotatable bonds is 5. The zero-order chi connectivity index (χ0) is 16.1. The second-order valence-corrected chi connectivity index (χ2v) is 6.53. The largest absolute Gasteiger partial charge is 0.352 e. The highest BCUT2D eigenvalue weighted by molar-refractivity contribution is 7.11. The second kappa shape index (κ2) is 7.45. The molecule has 0 aliphatic rings. The fourth-order valence-corrected chi connectivity index (χ4v) is 3.24. The van der Waals surface area contributed by atoms with Gasteiger partial charge in [0.15, 0.2) is 5.96 Å². The predicted octanol–water partition coefficient (Wildman–Crippen LogP) is 2.53. The maximum Gasteiger partial charge on any atom is 0.191 e. The molecule has 0 saturated carbocycles. The molecule has 0 aliphatic carbocycles. The SMILES string of the molecule is CCc1ccc(CNC(=NC)NCc2c(C)nn(C)c2C)s1. The maximum absolute atomic E-state index is 4.44. The molecular formula is C16H25N5S. The summed E-state index contributed by atoms with van der Waals surface area (Å²) in [6, 6.07) is 4.37. The van der Waals surface area contributed by atoms with Gasteiger partial charge in [-0.15, -0.1) is 11.3 Å². The van der Waals surface area contributed by atoms with Crippen molar-refractivity contribution in [2.75, 3.05) is 7.05 Å². The molecule has 0 atom stereocenters. The van der Waals surface area contributed by atoms with E-state index in [2.05, 4.69) is 46.7 Å². The minimum Gasteiger partial charge on any atom is -0.352 e. The predicted molar refractivity (Wildman–Crippen MR) is 93.4 cm³/mol. The Morgan fingerprint density at radius 1 is 1.23 bits per heavy atom. The van der Waals surface area contributed by atoms with Gasteiger partial charge in [-0.25, -0.2) is 0 Å². The molecule has 0 aromatic carbocycles. The first-order chi connectivity index (χ1) is 10.5. The van der Waals surface area contributed by atoms with E-state index in [0.717, 1.165) is 31.2 Å². The van der Waals surface area contributed by atoms with Crippen molar-refractivity contribution in [3.63, 3.8) is 0 Å². The molecule has 2 aromatic heterocycles. The highest BCUT2D eigenvalue weighted by atomic mass is 32.1. The Morgan fingerprint density at radius 3 is 2.45 bits per heavy atom. The summed E-state index contributed by atoms with van der Waals surface area (Å²) in [6.45, 7) is 7.84. The number of aliphatic imine (C=N–C) groups is 1. The van der Waals surface area contributed by atoms with Gasteiger partial charge in [0.2, 0.25) is 0 Å². The average molecular weight is 319 g/mol. The normalized spacial score (nSPS) is 11.8. The van der Waals surface area contributed by atoms with Crippen LogP contribution in [0, 0.1) is 13.8 Å². The van der Waals surface area contributed by atoms with Crippen LogP contribution in [0.3, 0.4) is 0 Å². The number of hydrogen-bond acceptors (Lipinski definition) is 3. The number of aromatic nitrogens is 2. The molecule has 0 fully saturated rings. The van der Waals surface area contributed by atoms with Crippen LogP contribution in [0.4, 0.5) is 0 Å². The van der Waals surface area contributed by atoms with Crippen LogP contribution in [-0.2, 0) is 26.6 Å². The Balaban J connectivity index is 1.90. The van der Waals surface area contributed by atoms with Gasteiger partial charge in [0, 0.05) is 41.7 Å². The van der Waals surface area contributed by atoms with Crippen LogP contribution in [0.5, 0.6) is 0 Å². The van der Waals surface area contributed by atoms with Gasteiger partial charge >= 0.3 is 0 Å². The van der Waals surface area contributed by atoms with E-state index in [9.17, 15) is 0 Å². The molecule has 2 rings (SSSR count). The number of guanidine groups is 1. The van der Waals surface area contributed by atoms with Crippen molar-refractivity contribution < 1.29 is 0 Å². The average Bonchev–Trinajstić information content (AvgIpc) is 3.06. The van der Waals surface area contributed by atoms with E-state index in [-0.39, 0.29) is 0 Å². The van der Waals surface area contributed by atoms with Gasteiger partial charge in [-0.3, -0.25) is 9.67 Å². The monoisotopic (exact) mass is 319 g/mol. The summed E-state index contributed by atoms with van der Waals surface area (Å²) in [7, 11) is 3.77. The molecule has 0 amide bonds. The van der Waals surface area contributed by atoms with Crippen molar-refractivity contribution in [3.05, 3.63) is 38.8 Å². The lowest BCUT2D eigenvalue weighted by atomic mass is 10.2. The van der Waals surface area contributed by atoms with E-state index in [1.54, 1.807) is 7.05 Å². The van der Waals surface area contributed by atoms with E-state index >= 15 is 0 Å². The Bertz CT molecular complexity index is 654. The molecule has 0 radical (unpaired) electrons. The van der Waals surface area contributed by atoms with Gasteiger partial charge in [-0.1, -0.05) is 6.92 Å². The van der Waals surface area contributed by atoms with Gasteiger partial charge < -0.3 is 10.6 Å². The number of nitrogens with zero attached hydrogens (tertiary/aromatic N) is 3. The Morgan fingerprint density at radius 2 is 1.91 bits per heavy atom. The molecule has 120 valence electrons. The third-order valence-corrected chi connectivity index (χ3v) is 5.04. The summed E-state index contributed by atoms with van der Waals surface area (Å²) >= 11 is 1.85. The number of nitrogens with one attached hydrogen (secondary N) is 2. The van der Waals surface area contributed by atoms with Crippen LogP contribution in [0.15, 0.2) is 17.1 Å². The summed E-state index contributed by atoms with van der Waals surface area (Å²) < 4.78 is 1.92. The standard InChI is InChI=1S/C16H25N5S/c1-6-13-7-8-14(22-13)9-18-16(17-4)19-10-15-11(2)20-21(5)12(15)3/h7-8H,6,9-10H2,1-5H3,(H2,17,18,19).